The summed E-state index contributed by atoms with van der Waals surface area (Å²) >= 11 is 1.78. The molecule has 0 aromatic carbocycles. The number of thiazole rings is 1. The van der Waals surface area contributed by atoms with Crippen molar-refractivity contribution in [1.29, 1.82) is 0 Å². The molecule has 0 spiro atoms. The van der Waals surface area contributed by atoms with Gasteiger partial charge in [-0.3, -0.25) is 5.10 Å². The molecule has 0 unspecified atom stereocenters. The molecule has 2 aromatic heterocycles. The highest BCUT2D eigenvalue weighted by atomic mass is 32.1. The van der Waals surface area contributed by atoms with E-state index < -0.39 is 0 Å². The summed E-state index contributed by atoms with van der Waals surface area (Å²) in [5, 5.41) is 11.3. The lowest BCUT2D eigenvalue weighted by Crippen LogP contribution is -2.12. The summed E-state index contributed by atoms with van der Waals surface area (Å²) in [4.78, 5) is 5.73. The fraction of sp³-hybridized carbons (Fsp3) is 0.455. The van der Waals surface area contributed by atoms with Crippen LogP contribution in [0.15, 0.2) is 18.5 Å². The molecule has 2 aromatic rings. The van der Waals surface area contributed by atoms with E-state index in [1.807, 2.05) is 12.3 Å². The number of rotatable bonds is 5. The first-order valence-electron chi connectivity index (χ1n) is 5.39. The second kappa shape index (κ2) is 5.23. The number of nitrogens with one attached hydrogen (secondary N) is 2. The minimum Gasteiger partial charge on any atom is -0.305 e. The van der Waals surface area contributed by atoms with Crippen LogP contribution in [0.3, 0.4) is 0 Å². The zero-order chi connectivity index (χ0) is 11.4. The van der Waals surface area contributed by atoms with Crippen molar-refractivity contribution in [2.24, 2.45) is 0 Å². The van der Waals surface area contributed by atoms with Crippen LogP contribution in [-0.4, -0.2) is 15.2 Å². The Bertz CT molecular complexity index is 419. The van der Waals surface area contributed by atoms with Crippen LogP contribution in [0.25, 0.3) is 0 Å². The van der Waals surface area contributed by atoms with Gasteiger partial charge in [0.1, 0.15) is 5.01 Å². The maximum Gasteiger partial charge on any atom is 0.107 e. The highest BCUT2D eigenvalue weighted by molar-refractivity contribution is 7.11. The molecule has 0 aliphatic heterocycles. The molecule has 0 aliphatic rings. The van der Waals surface area contributed by atoms with Gasteiger partial charge in [0.25, 0.3) is 0 Å². The predicted molar refractivity (Wildman–Crippen MR) is 65.3 cm³/mol. The molecule has 5 heteroatoms. The zero-order valence-electron chi connectivity index (χ0n) is 9.53. The summed E-state index contributed by atoms with van der Waals surface area (Å²) in [6.07, 6.45) is 3.74. The smallest absolute Gasteiger partial charge is 0.107 e. The van der Waals surface area contributed by atoms with Crippen LogP contribution in [-0.2, 0) is 13.1 Å². The minimum absolute atomic E-state index is 0.568. The van der Waals surface area contributed by atoms with E-state index in [4.69, 9.17) is 0 Å². The fourth-order valence-corrected chi connectivity index (χ4v) is 2.25. The van der Waals surface area contributed by atoms with Crippen molar-refractivity contribution in [1.82, 2.24) is 20.5 Å². The van der Waals surface area contributed by atoms with Crippen LogP contribution in [0.2, 0.25) is 0 Å². The molecule has 0 atom stereocenters. The molecule has 2 N–H and O–H groups in total. The van der Waals surface area contributed by atoms with Crippen molar-refractivity contribution in [2.75, 3.05) is 0 Å². The van der Waals surface area contributed by atoms with Crippen LogP contribution in [0, 0.1) is 0 Å². The van der Waals surface area contributed by atoms with Gasteiger partial charge >= 0.3 is 0 Å². The third-order valence-corrected chi connectivity index (χ3v) is 3.59. The average Bonchev–Trinajstić information content (AvgIpc) is 2.87. The number of nitrogens with zero attached hydrogens (tertiary/aromatic N) is 2. The SMILES string of the molecule is CC(C)c1cnc(CNCc2ccn[nH]2)s1. The second-order valence-electron chi connectivity index (χ2n) is 4.00. The molecule has 0 bridgehead atoms. The minimum atomic E-state index is 0.568. The Hall–Kier alpha value is -1.20. The van der Waals surface area contributed by atoms with Gasteiger partial charge in [0.2, 0.25) is 0 Å². The Morgan fingerprint density at radius 1 is 1.44 bits per heavy atom. The van der Waals surface area contributed by atoms with Crippen LogP contribution in [0.1, 0.15) is 35.3 Å². The van der Waals surface area contributed by atoms with Gasteiger partial charge in [-0.25, -0.2) is 4.98 Å². The van der Waals surface area contributed by atoms with Crippen LogP contribution in [0.4, 0.5) is 0 Å². The maximum atomic E-state index is 4.39. The fourth-order valence-electron chi connectivity index (χ4n) is 1.36. The molecule has 86 valence electrons. The Morgan fingerprint density at radius 2 is 2.31 bits per heavy atom. The van der Waals surface area contributed by atoms with Crippen molar-refractivity contribution in [3.05, 3.63) is 34.0 Å². The highest BCUT2D eigenvalue weighted by Gasteiger charge is 2.04. The van der Waals surface area contributed by atoms with E-state index in [2.05, 4.69) is 34.3 Å². The summed E-state index contributed by atoms with van der Waals surface area (Å²) in [5.41, 5.74) is 1.10. The number of hydrogen-bond acceptors (Lipinski definition) is 4. The van der Waals surface area contributed by atoms with Gasteiger partial charge in [-0.15, -0.1) is 11.3 Å². The molecule has 2 rings (SSSR count). The molecule has 16 heavy (non-hydrogen) atoms. The average molecular weight is 236 g/mol. The molecule has 0 saturated heterocycles. The van der Waals surface area contributed by atoms with E-state index in [9.17, 15) is 0 Å². The summed E-state index contributed by atoms with van der Waals surface area (Å²) in [6.45, 7) is 6.00. The molecule has 0 radical (unpaired) electrons. The molecular weight excluding hydrogens is 220 g/mol. The van der Waals surface area contributed by atoms with Crippen LogP contribution >= 0.6 is 11.3 Å². The van der Waals surface area contributed by atoms with Gasteiger partial charge < -0.3 is 5.32 Å². The van der Waals surface area contributed by atoms with E-state index in [-0.39, 0.29) is 0 Å². The Balaban J connectivity index is 1.81. The molecule has 2 heterocycles. The first kappa shape index (κ1) is 11.3. The third kappa shape index (κ3) is 2.90. The van der Waals surface area contributed by atoms with E-state index in [0.717, 1.165) is 23.8 Å². The molecule has 0 aliphatic carbocycles. The topological polar surface area (TPSA) is 53.6 Å². The third-order valence-electron chi connectivity index (χ3n) is 2.29. The summed E-state index contributed by atoms with van der Waals surface area (Å²) in [7, 11) is 0. The Morgan fingerprint density at radius 3 is 2.94 bits per heavy atom. The van der Waals surface area contributed by atoms with Gasteiger partial charge in [0, 0.05) is 36.1 Å². The van der Waals surface area contributed by atoms with E-state index in [1.54, 1.807) is 17.5 Å². The zero-order valence-corrected chi connectivity index (χ0v) is 10.3. The number of hydrogen-bond donors (Lipinski definition) is 2. The summed E-state index contributed by atoms with van der Waals surface area (Å²) in [5.74, 6) is 0.568. The van der Waals surface area contributed by atoms with E-state index in [1.165, 1.54) is 4.88 Å². The molecular formula is C11H16N4S. The van der Waals surface area contributed by atoms with Crippen molar-refractivity contribution >= 4 is 11.3 Å². The van der Waals surface area contributed by atoms with E-state index >= 15 is 0 Å². The first-order chi connectivity index (χ1) is 7.75. The largest absolute Gasteiger partial charge is 0.305 e. The van der Waals surface area contributed by atoms with Crippen molar-refractivity contribution in [2.45, 2.75) is 32.9 Å². The van der Waals surface area contributed by atoms with Crippen LogP contribution < -0.4 is 5.32 Å². The van der Waals surface area contributed by atoms with Gasteiger partial charge in [-0.2, -0.15) is 5.10 Å². The van der Waals surface area contributed by atoms with Crippen LogP contribution in [0.5, 0.6) is 0 Å². The molecule has 0 saturated carbocycles. The van der Waals surface area contributed by atoms with Crippen molar-refractivity contribution in [3.63, 3.8) is 0 Å². The lowest BCUT2D eigenvalue weighted by atomic mass is 10.2. The van der Waals surface area contributed by atoms with Gasteiger partial charge in [-0.1, -0.05) is 13.8 Å². The maximum absolute atomic E-state index is 4.39. The van der Waals surface area contributed by atoms with Gasteiger partial charge in [0.15, 0.2) is 0 Å². The normalized spacial score (nSPS) is 11.2. The van der Waals surface area contributed by atoms with E-state index in [0.29, 0.717) is 5.92 Å². The Labute approximate surface area is 99.1 Å². The first-order valence-corrected chi connectivity index (χ1v) is 6.21. The Kier molecular flexibility index (Phi) is 3.69. The molecule has 0 fully saturated rings. The van der Waals surface area contributed by atoms with Crippen molar-refractivity contribution in [3.8, 4) is 0 Å². The monoisotopic (exact) mass is 236 g/mol. The predicted octanol–water partition coefficient (Wildman–Crippen LogP) is 2.28. The van der Waals surface area contributed by atoms with Gasteiger partial charge in [0.05, 0.1) is 0 Å². The van der Waals surface area contributed by atoms with Gasteiger partial charge in [-0.05, 0) is 12.0 Å². The summed E-state index contributed by atoms with van der Waals surface area (Å²) in [6, 6.07) is 1.97. The number of H-pyrrole nitrogens is 1. The second-order valence-corrected chi connectivity index (χ2v) is 5.14. The highest BCUT2D eigenvalue weighted by Crippen LogP contribution is 2.21. The molecule has 0 amide bonds. The summed E-state index contributed by atoms with van der Waals surface area (Å²) < 4.78 is 0. The molecule has 4 nitrogen and oxygen atoms in total. The standard InChI is InChI=1S/C11H16N4S/c1-8(2)10-6-13-11(16-10)7-12-5-9-3-4-14-15-9/h3-4,6,8,12H,5,7H2,1-2H3,(H,14,15). The van der Waals surface area contributed by atoms with Crippen molar-refractivity contribution < 1.29 is 0 Å². The number of aromatic amines is 1. The lowest BCUT2D eigenvalue weighted by molar-refractivity contribution is 0.674. The lowest BCUT2D eigenvalue weighted by Gasteiger charge is -1.99. The quantitative estimate of drug-likeness (QED) is 0.837. The number of aromatic nitrogens is 3.